The van der Waals surface area contributed by atoms with Gasteiger partial charge in [-0.05, 0) is 85.2 Å². The van der Waals surface area contributed by atoms with Crippen molar-refractivity contribution in [3.05, 3.63) is 94.6 Å². The molecule has 33 heavy (non-hydrogen) atoms. The van der Waals surface area contributed by atoms with Crippen molar-refractivity contribution >= 4 is 11.6 Å². The number of aryl methyl sites for hydroxylation is 1. The summed E-state index contributed by atoms with van der Waals surface area (Å²) in [5.74, 6) is 0.304. The highest BCUT2D eigenvalue weighted by Gasteiger charge is 2.26. The predicted octanol–water partition coefficient (Wildman–Crippen LogP) is 5.21. The second-order valence-electron chi connectivity index (χ2n) is 9.33. The topological polar surface area (TPSA) is 36.4 Å². The van der Waals surface area contributed by atoms with Crippen molar-refractivity contribution in [3.8, 4) is 0 Å². The second-order valence-corrected chi connectivity index (χ2v) is 9.33. The Labute approximate surface area is 195 Å². The van der Waals surface area contributed by atoms with Crippen molar-refractivity contribution in [1.29, 1.82) is 0 Å². The number of benzene rings is 2. The van der Waals surface area contributed by atoms with Crippen molar-refractivity contribution in [2.45, 2.75) is 38.0 Å². The molecule has 5 rings (SSSR count). The normalized spacial score (nSPS) is 16.5. The minimum absolute atomic E-state index is 0.142. The van der Waals surface area contributed by atoms with Crippen LogP contribution in [0.15, 0.2) is 60.8 Å². The molecule has 2 aliphatic heterocycles. The molecule has 0 aliphatic carbocycles. The average Bonchev–Trinajstić information content (AvgIpc) is 2.84. The Morgan fingerprint density at radius 2 is 1.88 bits per heavy atom. The van der Waals surface area contributed by atoms with E-state index < -0.39 is 0 Å². The van der Waals surface area contributed by atoms with Crippen molar-refractivity contribution in [2.24, 2.45) is 0 Å². The van der Waals surface area contributed by atoms with Gasteiger partial charge in [0.1, 0.15) is 5.82 Å². The number of carbonyl (C=O) groups excluding carboxylic acids is 1. The van der Waals surface area contributed by atoms with E-state index in [2.05, 4.69) is 36.2 Å². The van der Waals surface area contributed by atoms with Gasteiger partial charge in [0.25, 0.3) is 5.91 Å². The van der Waals surface area contributed by atoms with E-state index in [0.29, 0.717) is 12.3 Å². The highest BCUT2D eigenvalue weighted by Crippen LogP contribution is 2.30. The zero-order valence-electron chi connectivity index (χ0n) is 19.1. The van der Waals surface area contributed by atoms with Crippen LogP contribution < -0.4 is 4.90 Å². The van der Waals surface area contributed by atoms with Gasteiger partial charge in [0.05, 0.1) is 0 Å². The van der Waals surface area contributed by atoms with Crippen LogP contribution in [0.2, 0.25) is 0 Å². The van der Waals surface area contributed by atoms with Crippen molar-refractivity contribution in [2.75, 3.05) is 31.6 Å². The quantitative estimate of drug-likeness (QED) is 0.555. The number of rotatable bonds is 4. The molecule has 0 radical (unpaired) electrons. The average molecular weight is 444 g/mol. The molecule has 2 aromatic carbocycles. The zero-order chi connectivity index (χ0) is 22.8. The second kappa shape index (κ2) is 9.34. The van der Waals surface area contributed by atoms with Crippen LogP contribution in [0.1, 0.15) is 57.9 Å². The van der Waals surface area contributed by atoms with Crippen LogP contribution in [-0.4, -0.2) is 42.5 Å². The molecular formula is C28H30FN3O. The van der Waals surface area contributed by atoms with Gasteiger partial charge in [-0.2, -0.15) is 0 Å². The maximum atomic E-state index is 13.4. The van der Waals surface area contributed by atoms with E-state index in [0.717, 1.165) is 67.7 Å². The van der Waals surface area contributed by atoms with Gasteiger partial charge in [0, 0.05) is 55.7 Å². The number of anilines is 1. The first-order valence-electron chi connectivity index (χ1n) is 11.9. The van der Waals surface area contributed by atoms with Crippen LogP contribution in [0.25, 0.3) is 0 Å². The first-order valence-corrected chi connectivity index (χ1v) is 11.9. The third-order valence-corrected chi connectivity index (χ3v) is 7.02. The van der Waals surface area contributed by atoms with Gasteiger partial charge in [-0.15, -0.1) is 0 Å². The number of carbonyl (C=O) groups is 1. The van der Waals surface area contributed by atoms with Crippen LogP contribution in [0, 0.1) is 5.82 Å². The van der Waals surface area contributed by atoms with Gasteiger partial charge in [-0.3, -0.25) is 9.78 Å². The number of fused-ring (bicyclic) bond motifs is 1. The number of amides is 1. The fraction of sp³-hybridized carbons (Fsp3) is 0.357. The fourth-order valence-corrected chi connectivity index (χ4v) is 5.14. The van der Waals surface area contributed by atoms with Crippen LogP contribution >= 0.6 is 0 Å². The standard InChI is InChI=1S/C28H30FN3O/c1-31-13-3-5-23-18-24(8-10-27(23)31)28(33)32-14-11-22(12-15-32)26-9-7-21(19-30-26)16-20-4-2-6-25(29)17-20/h2,4,6-10,17-19,22H,3,5,11-16H2,1H3. The maximum absolute atomic E-state index is 13.4. The summed E-state index contributed by atoms with van der Waals surface area (Å²) in [6.45, 7) is 2.59. The molecule has 2 aliphatic rings. The van der Waals surface area contributed by atoms with Crippen LogP contribution in [0.3, 0.4) is 0 Å². The molecule has 3 aromatic rings. The first-order chi connectivity index (χ1) is 16.1. The Balaban J connectivity index is 1.19. The monoisotopic (exact) mass is 443 g/mol. The number of likely N-dealkylation sites (tertiary alicyclic amines) is 1. The summed E-state index contributed by atoms with van der Waals surface area (Å²) >= 11 is 0. The summed E-state index contributed by atoms with van der Waals surface area (Å²) in [5.41, 5.74) is 6.46. The molecule has 1 fully saturated rings. The van der Waals surface area contributed by atoms with E-state index >= 15 is 0 Å². The van der Waals surface area contributed by atoms with Gasteiger partial charge < -0.3 is 9.80 Å². The summed E-state index contributed by atoms with van der Waals surface area (Å²) < 4.78 is 13.4. The summed E-state index contributed by atoms with van der Waals surface area (Å²) in [6, 6.07) is 17.1. The summed E-state index contributed by atoms with van der Waals surface area (Å²) in [4.78, 5) is 22.1. The van der Waals surface area contributed by atoms with E-state index in [1.54, 1.807) is 12.1 Å². The molecule has 0 unspecified atom stereocenters. The van der Waals surface area contributed by atoms with E-state index in [4.69, 9.17) is 4.98 Å². The maximum Gasteiger partial charge on any atom is 0.253 e. The molecule has 4 nitrogen and oxygen atoms in total. The highest BCUT2D eigenvalue weighted by molar-refractivity contribution is 5.95. The smallest absolute Gasteiger partial charge is 0.253 e. The number of aromatic nitrogens is 1. The largest absolute Gasteiger partial charge is 0.374 e. The minimum atomic E-state index is -0.207. The van der Waals surface area contributed by atoms with Gasteiger partial charge in [-0.25, -0.2) is 4.39 Å². The molecular weight excluding hydrogens is 413 g/mol. The molecule has 1 aromatic heterocycles. The Morgan fingerprint density at radius 1 is 1.03 bits per heavy atom. The van der Waals surface area contributed by atoms with E-state index in [-0.39, 0.29) is 11.7 Å². The number of hydrogen-bond acceptors (Lipinski definition) is 3. The predicted molar refractivity (Wildman–Crippen MR) is 129 cm³/mol. The summed E-state index contributed by atoms with van der Waals surface area (Å²) in [5, 5.41) is 0. The molecule has 1 saturated heterocycles. The van der Waals surface area contributed by atoms with Gasteiger partial charge in [-0.1, -0.05) is 18.2 Å². The van der Waals surface area contributed by atoms with Crippen LogP contribution in [0.4, 0.5) is 10.1 Å². The van der Waals surface area contributed by atoms with Crippen LogP contribution in [-0.2, 0) is 12.8 Å². The number of piperidine rings is 1. The lowest BCUT2D eigenvalue weighted by Crippen LogP contribution is -2.38. The Bertz CT molecular complexity index is 1140. The fourth-order valence-electron chi connectivity index (χ4n) is 5.14. The third kappa shape index (κ3) is 4.77. The Morgan fingerprint density at radius 3 is 2.64 bits per heavy atom. The molecule has 3 heterocycles. The van der Waals surface area contributed by atoms with Crippen molar-refractivity contribution < 1.29 is 9.18 Å². The lowest BCUT2D eigenvalue weighted by Gasteiger charge is -2.32. The molecule has 0 N–H and O–H groups in total. The molecule has 0 bridgehead atoms. The van der Waals surface area contributed by atoms with Crippen molar-refractivity contribution in [1.82, 2.24) is 9.88 Å². The van der Waals surface area contributed by atoms with Gasteiger partial charge in [0.2, 0.25) is 0 Å². The summed E-state index contributed by atoms with van der Waals surface area (Å²) in [7, 11) is 2.12. The van der Waals surface area contributed by atoms with E-state index in [1.165, 1.54) is 17.3 Å². The number of pyridine rings is 1. The lowest BCUT2D eigenvalue weighted by atomic mass is 9.92. The van der Waals surface area contributed by atoms with Crippen LogP contribution in [0.5, 0.6) is 0 Å². The first kappa shape index (κ1) is 21.6. The zero-order valence-corrected chi connectivity index (χ0v) is 19.1. The lowest BCUT2D eigenvalue weighted by molar-refractivity contribution is 0.0712. The number of hydrogen-bond donors (Lipinski definition) is 0. The number of nitrogens with zero attached hydrogens (tertiary/aromatic N) is 3. The van der Waals surface area contributed by atoms with E-state index in [1.807, 2.05) is 23.2 Å². The third-order valence-electron chi connectivity index (χ3n) is 7.02. The SMILES string of the molecule is CN1CCCc2cc(C(=O)N3CCC(c4ccc(Cc5cccc(F)c5)cn4)CC3)ccc21. The van der Waals surface area contributed by atoms with Gasteiger partial charge in [0.15, 0.2) is 0 Å². The molecule has 0 spiro atoms. The molecule has 1 amide bonds. The highest BCUT2D eigenvalue weighted by atomic mass is 19.1. The van der Waals surface area contributed by atoms with Crippen molar-refractivity contribution in [3.63, 3.8) is 0 Å². The molecule has 170 valence electrons. The van der Waals surface area contributed by atoms with Gasteiger partial charge >= 0.3 is 0 Å². The molecule has 0 atom stereocenters. The molecule has 0 saturated carbocycles. The van der Waals surface area contributed by atoms with E-state index in [9.17, 15) is 9.18 Å². The number of halogens is 1. The summed E-state index contributed by atoms with van der Waals surface area (Å²) in [6.07, 6.45) is 6.62. The Kier molecular flexibility index (Phi) is 6.12. The molecule has 5 heteroatoms. The minimum Gasteiger partial charge on any atom is -0.374 e. The Hall–Kier alpha value is -3.21.